The maximum atomic E-state index is 12.0. The maximum absolute atomic E-state index is 12.0. The van der Waals surface area contributed by atoms with Crippen molar-refractivity contribution in [3.63, 3.8) is 0 Å². The topological polar surface area (TPSA) is 96.5 Å². The number of hydrogen-bond donors (Lipinski definition) is 3. The van der Waals surface area contributed by atoms with E-state index in [0.29, 0.717) is 30.8 Å². The second-order valence-electron chi connectivity index (χ2n) is 7.15. The van der Waals surface area contributed by atoms with E-state index < -0.39 is 0 Å². The van der Waals surface area contributed by atoms with Crippen molar-refractivity contribution >= 4 is 46.5 Å². The number of anilines is 2. The molecule has 8 heteroatoms. The van der Waals surface area contributed by atoms with Gasteiger partial charge in [-0.05, 0) is 55.2 Å². The predicted octanol–water partition coefficient (Wildman–Crippen LogP) is 4.19. The molecular weight excluding hydrogens is 426 g/mol. The standard InChI is InChI=1S/C24H29N3O4S/c1-2-21(28)25-19-12-6-13-20(17-19)26-24(32)27-22(29)14-7-15-23(30)31-16-8-11-18-9-4-3-5-10-18/h3-6,9-10,12-13,17H,2,7-8,11,14-16H2,1H3,(H,25,28)(H2,26,27,29,32). The van der Waals surface area contributed by atoms with Crippen molar-refractivity contribution in [3.8, 4) is 0 Å². The van der Waals surface area contributed by atoms with Crippen LogP contribution in [0.1, 0.15) is 44.6 Å². The fourth-order valence-electron chi connectivity index (χ4n) is 2.85. The van der Waals surface area contributed by atoms with Crippen LogP contribution in [-0.4, -0.2) is 29.5 Å². The number of benzene rings is 2. The van der Waals surface area contributed by atoms with Gasteiger partial charge in [-0.3, -0.25) is 14.4 Å². The summed E-state index contributed by atoms with van der Waals surface area (Å²) < 4.78 is 5.21. The molecule has 0 spiro atoms. The van der Waals surface area contributed by atoms with Gasteiger partial charge in [-0.1, -0.05) is 43.3 Å². The summed E-state index contributed by atoms with van der Waals surface area (Å²) in [6.07, 6.45) is 2.72. The number of carbonyl (C=O) groups is 3. The summed E-state index contributed by atoms with van der Waals surface area (Å²) in [4.78, 5) is 35.3. The average molecular weight is 456 g/mol. The van der Waals surface area contributed by atoms with Crippen LogP contribution in [0.4, 0.5) is 11.4 Å². The van der Waals surface area contributed by atoms with Crippen LogP contribution < -0.4 is 16.0 Å². The molecule has 32 heavy (non-hydrogen) atoms. The van der Waals surface area contributed by atoms with Gasteiger partial charge >= 0.3 is 5.97 Å². The first-order valence-corrected chi connectivity index (χ1v) is 11.1. The zero-order valence-corrected chi connectivity index (χ0v) is 19.0. The number of hydrogen-bond acceptors (Lipinski definition) is 5. The van der Waals surface area contributed by atoms with Crippen LogP contribution in [0, 0.1) is 0 Å². The van der Waals surface area contributed by atoms with Crippen molar-refractivity contribution in [2.24, 2.45) is 0 Å². The molecule has 2 amide bonds. The molecule has 3 N–H and O–H groups in total. The van der Waals surface area contributed by atoms with E-state index in [4.69, 9.17) is 17.0 Å². The Labute approximate surface area is 193 Å². The molecule has 0 heterocycles. The van der Waals surface area contributed by atoms with Crippen molar-refractivity contribution in [2.45, 2.75) is 45.4 Å². The Kier molecular flexibility index (Phi) is 10.9. The van der Waals surface area contributed by atoms with Crippen LogP contribution in [-0.2, 0) is 25.5 Å². The van der Waals surface area contributed by atoms with Crippen LogP contribution in [0.2, 0.25) is 0 Å². The number of carbonyl (C=O) groups excluding carboxylic acids is 3. The van der Waals surface area contributed by atoms with Gasteiger partial charge in [0, 0.05) is 30.6 Å². The molecule has 0 saturated carbocycles. The molecule has 2 aromatic rings. The van der Waals surface area contributed by atoms with Crippen molar-refractivity contribution in [2.75, 3.05) is 17.2 Å². The molecule has 0 radical (unpaired) electrons. The average Bonchev–Trinajstić information content (AvgIpc) is 2.77. The molecule has 0 saturated heterocycles. The second kappa shape index (κ2) is 13.9. The van der Waals surface area contributed by atoms with E-state index in [9.17, 15) is 14.4 Å². The van der Waals surface area contributed by atoms with Crippen molar-refractivity contribution in [1.29, 1.82) is 0 Å². The maximum Gasteiger partial charge on any atom is 0.305 e. The number of aryl methyl sites for hydroxylation is 1. The number of esters is 1. The second-order valence-corrected chi connectivity index (χ2v) is 7.56. The molecule has 0 bridgehead atoms. The lowest BCUT2D eigenvalue weighted by Crippen LogP contribution is -2.34. The van der Waals surface area contributed by atoms with Crippen molar-refractivity contribution in [1.82, 2.24) is 5.32 Å². The van der Waals surface area contributed by atoms with Gasteiger partial charge in [-0.25, -0.2) is 0 Å². The highest BCUT2D eigenvalue weighted by Gasteiger charge is 2.09. The van der Waals surface area contributed by atoms with Crippen LogP contribution in [0.5, 0.6) is 0 Å². The SMILES string of the molecule is CCC(=O)Nc1cccc(NC(=S)NC(=O)CCCC(=O)OCCCc2ccccc2)c1. The molecule has 2 rings (SSSR count). The Bertz CT molecular complexity index is 918. The van der Waals surface area contributed by atoms with Gasteiger partial charge in [0.1, 0.15) is 0 Å². The number of amides is 2. The molecule has 7 nitrogen and oxygen atoms in total. The third-order valence-corrected chi connectivity index (χ3v) is 4.68. The Morgan fingerprint density at radius 3 is 2.31 bits per heavy atom. The minimum Gasteiger partial charge on any atom is -0.466 e. The molecule has 0 aliphatic heterocycles. The smallest absolute Gasteiger partial charge is 0.305 e. The fraction of sp³-hybridized carbons (Fsp3) is 0.333. The molecule has 0 aromatic heterocycles. The largest absolute Gasteiger partial charge is 0.466 e. The van der Waals surface area contributed by atoms with Crippen LogP contribution in [0.3, 0.4) is 0 Å². The first-order valence-electron chi connectivity index (χ1n) is 10.7. The van der Waals surface area contributed by atoms with Gasteiger partial charge in [0.05, 0.1) is 6.61 Å². The summed E-state index contributed by atoms with van der Waals surface area (Å²) in [6, 6.07) is 17.0. The zero-order chi connectivity index (χ0) is 23.2. The number of nitrogens with one attached hydrogen (secondary N) is 3. The van der Waals surface area contributed by atoms with Gasteiger partial charge in [0.2, 0.25) is 11.8 Å². The Hall–Kier alpha value is -3.26. The molecule has 2 aromatic carbocycles. The first-order chi connectivity index (χ1) is 15.5. The summed E-state index contributed by atoms with van der Waals surface area (Å²) in [5.41, 5.74) is 2.49. The number of thiocarbonyl (C=S) groups is 1. The van der Waals surface area contributed by atoms with Crippen molar-refractivity contribution < 1.29 is 19.1 Å². The molecule has 0 aliphatic rings. The highest BCUT2D eigenvalue weighted by atomic mass is 32.1. The number of rotatable bonds is 11. The van der Waals surface area contributed by atoms with Crippen LogP contribution >= 0.6 is 12.2 Å². The minimum atomic E-state index is -0.308. The highest BCUT2D eigenvalue weighted by molar-refractivity contribution is 7.80. The van der Waals surface area contributed by atoms with E-state index in [-0.39, 0.29) is 35.7 Å². The Balaban J connectivity index is 1.60. The fourth-order valence-corrected chi connectivity index (χ4v) is 3.08. The minimum absolute atomic E-state index is 0.0900. The van der Waals surface area contributed by atoms with E-state index in [0.717, 1.165) is 12.8 Å². The first kappa shape index (κ1) is 25.0. The molecular formula is C24H29N3O4S. The third-order valence-electron chi connectivity index (χ3n) is 4.48. The van der Waals surface area contributed by atoms with Crippen LogP contribution in [0.15, 0.2) is 54.6 Å². The van der Waals surface area contributed by atoms with E-state index in [1.54, 1.807) is 31.2 Å². The molecule has 170 valence electrons. The third kappa shape index (κ3) is 10.2. The van der Waals surface area contributed by atoms with Gasteiger partial charge in [-0.2, -0.15) is 0 Å². The lowest BCUT2D eigenvalue weighted by molar-refractivity contribution is -0.143. The van der Waals surface area contributed by atoms with E-state index in [1.807, 2.05) is 30.3 Å². The Morgan fingerprint density at radius 1 is 0.875 bits per heavy atom. The zero-order valence-electron chi connectivity index (χ0n) is 18.2. The molecule has 0 fully saturated rings. The van der Waals surface area contributed by atoms with Crippen LogP contribution in [0.25, 0.3) is 0 Å². The quantitative estimate of drug-likeness (QED) is 0.267. The molecule has 0 unspecified atom stereocenters. The summed E-state index contributed by atoms with van der Waals surface area (Å²) in [7, 11) is 0. The summed E-state index contributed by atoms with van der Waals surface area (Å²) in [6.45, 7) is 2.14. The van der Waals surface area contributed by atoms with Gasteiger partial charge in [0.25, 0.3) is 0 Å². The van der Waals surface area contributed by atoms with E-state index >= 15 is 0 Å². The van der Waals surface area contributed by atoms with Gasteiger partial charge < -0.3 is 20.7 Å². The van der Waals surface area contributed by atoms with Gasteiger partial charge in [-0.15, -0.1) is 0 Å². The van der Waals surface area contributed by atoms with E-state index in [1.165, 1.54) is 5.56 Å². The molecule has 0 atom stereocenters. The van der Waals surface area contributed by atoms with Crippen molar-refractivity contribution in [3.05, 3.63) is 60.2 Å². The lowest BCUT2D eigenvalue weighted by atomic mass is 10.1. The lowest BCUT2D eigenvalue weighted by Gasteiger charge is -2.11. The Morgan fingerprint density at radius 2 is 1.59 bits per heavy atom. The summed E-state index contributed by atoms with van der Waals surface area (Å²) in [5.74, 6) is -0.680. The number of ether oxygens (including phenoxy) is 1. The van der Waals surface area contributed by atoms with Gasteiger partial charge in [0.15, 0.2) is 5.11 Å². The highest BCUT2D eigenvalue weighted by Crippen LogP contribution is 2.15. The predicted molar refractivity (Wildman–Crippen MR) is 129 cm³/mol. The summed E-state index contributed by atoms with van der Waals surface area (Å²) in [5, 5.41) is 8.40. The van der Waals surface area contributed by atoms with E-state index in [2.05, 4.69) is 16.0 Å². The normalized spacial score (nSPS) is 10.2. The summed E-state index contributed by atoms with van der Waals surface area (Å²) >= 11 is 5.16. The molecule has 0 aliphatic carbocycles. The monoisotopic (exact) mass is 455 g/mol.